The van der Waals surface area contributed by atoms with E-state index in [0.29, 0.717) is 11.1 Å². The van der Waals surface area contributed by atoms with Crippen molar-refractivity contribution >= 4 is 23.3 Å². The van der Waals surface area contributed by atoms with Gasteiger partial charge < -0.3 is 10.1 Å². The first-order valence-corrected chi connectivity index (χ1v) is 9.02. The van der Waals surface area contributed by atoms with Gasteiger partial charge in [0.1, 0.15) is 6.17 Å². The normalized spacial score (nSPS) is 15.6. The molecule has 3 aromatic carbocycles. The number of carbonyl (C=O) groups excluding carboxylic acids is 2. The molecule has 5 nitrogen and oxygen atoms in total. The maximum absolute atomic E-state index is 13.3. The van der Waals surface area contributed by atoms with Crippen LogP contribution in [0, 0.1) is 6.92 Å². The van der Waals surface area contributed by atoms with Gasteiger partial charge in [-0.05, 0) is 48.9 Å². The minimum atomic E-state index is -0.392. The molecule has 4 rings (SSSR count). The van der Waals surface area contributed by atoms with Crippen LogP contribution in [0.1, 0.15) is 38.0 Å². The number of hydrogen-bond donors (Lipinski definition) is 1. The van der Waals surface area contributed by atoms with Crippen molar-refractivity contribution in [2.45, 2.75) is 13.1 Å². The molecule has 1 atom stereocenters. The third-order valence-electron chi connectivity index (χ3n) is 4.89. The van der Waals surface area contributed by atoms with Gasteiger partial charge in [0.2, 0.25) is 0 Å². The Morgan fingerprint density at radius 3 is 2.32 bits per heavy atom. The number of esters is 1. The van der Waals surface area contributed by atoms with Crippen LogP contribution in [0.4, 0.5) is 11.4 Å². The average Bonchev–Trinajstić information content (AvgIpc) is 2.74. The summed E-state index contributed by atoms with van der Waals surface area (Å²) in [5.41, 5.74) is 4.69. The van der Waals surface area contributed by atoms with E-state index in [1.807, 2.05) is 67.6 Å². The molecule has 0 bridgehead atoms. The molecule has 0 saturated carbocycles. The van der Waals surface area contributed by atoms with E-state index in [1.165, 1.54) is 7.11 Å². The zero-order valence-electron chi connectivity index (χ0n) is 15.7. The van der Waals surface area contributed by atoms with Crippen LogP contribution in [0.5, 0.6) is 0 Å². The summed E-state index contributed by atoms with van der Waals surface area (Å²) in [5, 5.41) is 3.46. The number of rotatable bonds is 3. The number of carbonyl (C=O) groups is 2. The molecule has 1 heterocycles. The number of para-hydroxylation sites is 1. The van der Waals surface area contributed by atoms with Gasteiger partial charge in [-0.1, -0.05) is 42.0 Å². The van der Waals surface area contributed by atoms with Crippen molar-refractivity contribution in [3.05, 3.63) is 95.1 Å². The molecule has 0 aliphatic carbocycles. The summed E-state index contributed by atoms with van der Waals surface area (Å²) in [6, 6.07) is 22.4. The Hall–Kier alpha value is -3.60. The molecule has 1 amide bonds. The first-order chi connectivity index (χ1) is 13.6. The molecular weight excluding hydrogens is 352 g/mol. The lowest BCUT2D eigenvalue weighted by Gasteiger charge is -2.38. The minimum absolute atomic E-state index is 0.0692. The van der Waals surface area contributed by atoms with Crippen LogP contribution in [0.3, 0.4) is 0 Å². The Morgan fingerprint density at radius 1 is 0.964 bits per heavy atom. The quantitative estimate of drug-likeness (QED) is 0.685. The molecule has 0 unspecified atom stereocenters. The standard InChI is InChI=1S/C23H20N2O3/c1-15-7-13-18(14-8-15)25-21(16-9-11-17(12-10-16)23(27)28-2)24-20-6-4-3-5-19(20)22(25)26/h3-14,21,24H,1-2H3/t21-/m0/s1. The van der Waals surface area contributed by atoms with Crippen molar-refractivity contribution in [1.82, 2.24) is 0 Å². The van der Waals surface area contributed by atoms with Crippen molar-refractivity contribution < 1.29 is 14.3 Å². The lowest BCUT2D eigenvalue weighted by Crippen LogP contribution is -2.43. The summed E-state index contributed by atoms with van der Waals surface area (Å²) < 4.78 is 4.77. The van der Waals surface area contributed by atoms with Crippen LogP contribution in [0.2, 0.25) is 0 Å². The number of ether oxygens (including phenoxy) is 1. The van der Waals surface area contributed by atoms with Crippen LogP contribution in [0.15, 0.2) is 72.8 Å². The largest absolute Gasteiger partial charge is 0.465 e. The first kappa shape index (κ1) is 17.8. The lowest BCUT2D eigenvalue weighted by molar-refractivity contribution is 0.0600. The summed E-state index contributed by atoms with van der Waals surface area (Å²) >= 11 is 0. The second-order valence-corrected chi connectivity index (χ2v) is 6.72. The Balaban J connectivity index is 1.79. The van der Waals surface area contributed by atoms with E-state index in [1.54, 1.807) is 17.0 Å². The molecule has 0 radical (unpaired) electrons. The summed E-state index contributed by atoms with van der Waals surface area (Å²) in [6.07, 6.45) is -0.392. The van der Waals surface area contributed by atoms with E-state index in [9.17, 15) is 9.59 Å². The highest BCUT2D eigenvalue weighted by molar-refractivity contribution is 6.12. The predicted molar refractivity (Wildman–Crippen MR) is 109 cm³/mol. The van der Waals surface area contributed by atoms with E-state index in [4.69, 9.17) is 4.74 Å². The van der Waals surface area contributed by atoms with E-state index < -0.39 is 6.17 Å². The van der Waals surface area contributed by atoms with Gasteiger partial charge in [-0.3, -0.25) is 9.69 Å². The second-order valence-electron chi connectivity index (χ2n) is 6.72. The first-order valence-electron chi connectivity index (χ1n) is 9.02. The zero-order valence-corrected chi connectivity index (χ0v) is 15.7. The van der Waals surface area contributed by atoms with Crippen molar-refractivity contribution in [3.63, 3.8) is 0 Å². The van der Waals surface area contributed by atoms with Crippen molar-refractivity contribution in [2.75, 3.05) is 17.3 Å². The highest BCUT2D eigenvalue weighted by Crippen LogP contribution is 2.36. The topological polar surface area (TPSA) is 58.6 Å². The molecule has 1 N–H and O–H groups in total. The molecule has 140 valence electrons. The average molecular weight is 372 g/mol. The number of nitrogens with one attached hydrogen (secondary N) is 1. The van der Waals surface area contributed by atoms with Gasteiger partial charge >= 0.3 is 5.97 Å². The molecule has 0 saturated heterocycles. The molecule has 28 heavy (non-hydrogen) atoms. The third-order valence-corrected chi connectivity index (χ3v) is 4.89. The monoisotopic (exact) mass is 372 g/mol. The number of anilines is 2. The molecule has 1 aliphatic rings. The zero-order chi connectivity index (χ0) is 19.7. The molecule has 0 fully saturated rings. The maximum Gasteiger partial charge on any atom is 0.337 e. The third kappa shape index (κ3) is 3.11. The number of aryl methyl sites for hydroxylation is 1. The van der Waals surface area contributed by atoms with Gasteiger partial charge in [-0.15, -0.1) is 0 Å². The molecule has 3 aromatic rings. The summed E-state index contributed by atoms with van der Waals surface area (Å²) in [5.74, 6) is -0.458. The Labute approximate surface area is 163 Å². The number of amides is 1. The molecule has 0 aromatic heterocycles. The number of methoxy groups -OCH3 is 1. The second kappa shape index (κ2) is 7.19. The molecule has 0 spiro atoms. The summed E-state index contributed by atoms with van der Waals surface area (Å²) in [7, 11) is 1.35. The van der Waals surface area contributed by atoms with Gasteiger partial charge in [0, 0.05) is 11.4 Å². The SMILES string of the molecule is COC(=O)c1ccc([C@H]2Nc3ccccc3C(=O)N2c2ccc(C)cc2)cc1. The number of nitrogens with zero attached hydrogens (tertiary/aromatic N) is 1. The van der Waals surface area contributed by atoms with Gasteiger partial charge in [-0.2, -0.15) is 0 Å². The van der Waals surface area contributed by atoms with Crippen LogP contribution in [0.25, 0.3) is 0 Å². The van der Waals surface area contributed by atoms with E-state index >= 15 is 0 Å². The van der Waals surface area contributed by atoms with Crippen LogP contribution >= 0.6 is 0 Å². The Morgan fingerprint density at radius 2 is 1.64 bits per heavy atom. The highest BCUT2D eigenvalue weighted by Gasteiger charge is 2.33. The lowest BCUT2D eigenvalue weighted by atomic mass is 10.0. The summed E-state index contributed by atoms with van der Waals surface area (Å²) in [6.45, 7) is 2.01. The molecular formula is C23H20N2O3. The van der Waals surface area contributed by atoms with Crippen molar-refractivity contribution in [1.29, 1.82) is 0 Å². The predicted octanol–water partition coefficient (Wildman–Crippen LogP) is 4.55. The maximum atomic E-state index is 13.3. The number of fused-ring (bicyclic) bond motifs is 1. The van der Waals surface area contributed by atoms with Crippen LogP contribution < -0.4 is 10.2 Å². The minimum Gasteiger partial charge on any atom is -0.465 e. The van der Waals surface area contributed by atoms with E-state index in [-0.39, 0.29) is 11.9 Å². The van der Waals surface area contributed by atoms with E-state index in [2.05, 4.69) is 5.32 Å². The van der Waals surface area contributed by atoms with E-state index in [0.717, 1.165) is 22.5 Å². The molecule has 5 heteroatoms. The number of benzene rings is 3. The fourth-order valence-corrected chi connectivity index (χ4v) is 3.38. The van der Waals surface area contributed by atoms with Crippen LogP contribution in [-0.4, -0.2) is 19.0 Å². The van der Waals surface area contributed by atoms with Gasteiger partial charge in [0.25, 0.3) is 5.91 Å². The Bertz CT molecular complexity index is 1030. The van der Waals surface area contributed by atoms with Gasteiger partial charge in [0.05, 0.1) is 18.2 Å². The fraction of sp³-hybridized carbons (Fsp3) is 0.130. The number of hydrogen-bond acceptors (Lipinski definition) is 4. The van der Waals surface area contributed by atoms with Crippen LogP contribution in [-0.2, 0) is 4.74 Å². The van der Waals surface area contributed by atoms with Crippen molar-refractivity contribution in [2.24, 2.45) is 0 Å². The Kier molecular flexibility index (Phi) is 4.57. The van der Waals surface area contributed by atoms with Gasteiger partial charge in [-0.25, -0.2) is 4.79 Å². The van der Waals surface area contributed by atoms with Crippen molar-refractivity contribution in [3.8, 4) is 0 Å². The van der Waals surface area contributed by atoms with Gasteiger partial charge in [0.15, 0.2) is 0 Å². The fourth-order valence-electron chi connectivity index (χ4n) is 3.38. The molecule has 1 aliphatic heterocycles. The summed E-state index contributed by atoms with van der Waals surface area (Å²) in [4.78, 5) is 26.8. The smallest absolute Gasteiger partial charge is 0.337 e. The highest BCUT2D eigenvalue weighted by atomic mass is 16.5.